The number of nitrogens with one attached hydrogen (secondary N) is 1. The summed E-state index contributed by atoms with van der Waals surface area (Å²) in [6, 6.07) is 3.77. The molecule has 16 heavy (non-hydrogen) atoms. The van der Waals surface area contributed by atoms with Crippen LogP contribution in [0.15, 0.2) is 17.1 Å². The lowest BCUT2D eigenvalue weighted by atomic mass is 10.1. The third-order valence-corrected chi connectivity index (χ3v) is 3.46. The van der Waals surface area contributed by atoms with Gasteiger partial charge in [-0.15, -0.1) is 0 Å². The molecule has 0 fully saturated rings. The maximum atomic E-state index is 13.4. The average molecular weight is 238 g/mol. The number of hydrogen-bond acceptors (Lipinski definition) is 3. The van der Waals surface area contributed by atoms with Gasteiger partial charge in [-0.25, -0.2) is 4.39 Å². The molecule has 1 aromatic carbocycles. The lowest BCUT2D eigenvalue weighted by Gasteiger charge is -2.08. The second-order valence-corrected chi connectivity index (χ2v) is 5.02. The van der Waals surface area contributed by atoms with Gasteiger partial charge in [0.15, 0.2) is 5.17 Å². The summed E-state index contributed by atoms with van der Waals surface area (Å²) >= 11 is 1.74. The number of hydrogen-bond donors (Lipinski definition) is 1. The van der Waals surface area contributed by atoms with Gasteiger partial charge in [0, 0.05) is 12.3 Å². The van der Waals surface area contributed by atoms with Gasteiger partial charge < -0.3 is 5.32 Å². The van der Waals surface area contributed by atoms with Crippen LogP contribution in [0.3, 0.4) is 0 Å². The SMILES string of the molecule is Cc1cc(CNC2=NCCS2)cc(C)c1F. The van der Waals surface area contributed by atoms with Gasteiger partial charge in [-0.1, -0.05) is 23.9 Å². The van der Waals surface area contributed by atoms with Crippen LogP contribution < -0.4 is 5.32 Å². The van der Waals surface area contributed by atoms with Crippen LogP contribution in [0.5, 0.6) is 0 Å². The highest BCUT2D eigenvalue weighted by Crippen LogP contribution is 2.15. The molecule has 0 radical (unpaired) electrons. The molecule has 0 aromatic heterocycles. The minimum atomic E-state index is -0.101. The van der Waals surface area contributed by atoms with E-state index in [0.717, 1.165) is 23.0 Å². The van der Waals surface area contributed by atoms with Crippen LogP contribution in [-0.2, 0) is 6.54 Å². The summed E-state index contributed by atoms with van der Waals surface area (Å²) < 4.78 is 13.4. The largest absolute Gasteiger partial charge is 0.361 e. The third kappa shape index (κ3) is 2.55. The Hall–Kier alpha value is -1.03. The Balaban J connectivity index is 2.04. The topological polar surface area (TPSA) is 24.4 Å². The first-order valence-electron chi connectivity index (χ1n) is 5.33. The highest BCUT2D eigenvalue weighted by Gasteiger charge is 2.08. The van der Waals surface area contributed by atoms with Crippen LogP contribution in [0.2, 0.25) is 0 Å². The molecule has 1 heterocycles. The summed E-state index contributed by atoms with van der Waals surface area (Å²) in [4.78, 5) is 4.31. The van der Waals surface area contributed by atoms with E-state index >= 15 is 0 Å². The third-order valence-electron chi connectivity index (χ3n) is 2.53. The molecule has 4 heteroatoms. The molecule has 86 valence electrons. The molecule has 2 rings (SSSR count). The summed E-state index contributed by atoms with van der Waals surface area (Å²) in [5.41, 5.74) is 2.52. The number of thioether (sulfide) groups is 1. The number of halogens is 1. The minimum Gasteiger partial charge on any atom is -0.361 e. The lowest BCUT2D eigenvalue weighted by Crippen LogP contribution is -2.18. The van der Waals surface area contributed by atoms with Gasteiger partial charge in [0.2, 0.25) is 0 Å². The van der Waals surface area contributed by atoms with Crippen molar-refractivity contribution in [3.8, 4) is 0 Å². The van der Waals surface area contributed by atoms with E-state index in [4.69, 9.17) is 0 Å². The van der Waals surface area contributed by atoms with Gasteiger partial charge in [-0.05, 0) is 30.5 Å². The molecule has 1 aliphatic heterocycles. The molecule has 0 spiro atoms. The van der Waals surface area contributed by atoms with Crippen LogP contribution in [0.1, 0.15) is 16.7 Å². The van der Waals surface area contributed by atoms with Gasteiger partial charge in [0.25, 0.3) is 0 Å². The highest BCUT2D eigenvalue weighted by molar-refractivity contribution is 8.14. The van der Waals surface area contributed by atoms with Crippen molar-refractivity contribution in [3.05, 3.63) is 34.6 Å². The molecule has 1 aromatic rings. The van der Waals surface area contributed by atoms with Gasteiger partial charge in [0.1, 0.15) is 5.82 Å². The van der Waals surface area contributed by atoms with E-state index < -0.39 is 0 Å². The Kier molecular flexibility index (Phi) is 3.49. The van der Waals surface area contributed by atoms with Crippen molar-refractivity contribution in [1.29, 1.82) is 0 Å². The molecule has 0 atom stereocenters. The van der Waals surface area contributed by atoms with Crippen LogP contribution in [0.25, 0.3) is 0 Å². The van der Waals surface area contributed by atoms with Crippen LogP contribution >= 0.6 is 11.8 Å². The van der Waals surface area contributed by atoms with Gasteiger partial charge in [0.05, 0.1) is 6.54 Å². The second kappa shape index (κ2) is 4.87. The standard InChI is InChI=1S/C12H15FN2S/c1-8-5-10(6-9(2)11(8)13)7-15-12-14-3-4-16-12/h5-6H,3-4,7H2,1-2H3,(H,14,15). The maximum Gasteiger partial charge on any atom is 0.156 e. The maximum absolute atomic E-state index is 13.4. The fraction of sp³-hybridized carbons (Fsp3) is 0.417. The zero-order valence-corrected chi connectivity index (χ0v) is 10.3. The predicted molar refractivity (Wildman–Crippen MR) is 67.5 cm³/mol. The van der Waals surface area contributed by atoms with Crippen LogP contribution in [0.4, 0.5) is 4.39 Å². The summed E-state index contributed by atoms with van der Waals surface area (Å²) in [7, 11) is 0. The zero-order valence-electron chi connectivity index (χ0n) is 9.51. The molecule has 1 N–H and O–H groups in total. The molecule has 0 saturated carbocycles. The first-order valence-corrected chi connectivity index (χ1v) is 6.32. The van der Waals surface area contributed by atoms with Crippen molar-refractivity contribution in [1.82, 2.24) is 5.32 Å². The average Bonchev–Trinajstić information content (AvgIpc) is 2.75. The Morgan fingerprint density at radius 2 is 2.06 bits per heavy atom. The number of rotatable bonds is 2. The molecular weight excluding hydrogens is 223 g/mol. The quantitative estimate of drug-likeness (QED) is 0.856. The van der Waals surface area contributed by atoms with E-state index in [1.54, 1.807) is 25.6 Å². The molecule has 2 nitrogen and oxygen atoms in total. The fourth-order valence-corrected chi connectivity index (χ4v) is 2.49. The number of amidine groups is 1. The second-order valence-electron chi connectivity index (χ2n) is 3.93. The Bertz CT molecular complexity index is 406. The van der Waals surface area contributed by atoms with Crippen molar-refractivity contribution in [2.45, 2.75) is 20.4 Å². The van der Waals surface area contributed by atoms with Crippen molar-refractivity contribution >= 4 is 16.9 Å². The Labute approximate surface area is 99.3 Å². The molecule has 0 unspecified atom stereocenters. The van der Waals surface area contributed by atoms with E-state index in [1.165, 1.54) is 0 Å². The highest BCUT2D eigenvalue weighted by atomic mass is 32.2. The summed E-state index contributed by atoms with van der Waals surface area (Å²) in [6.45, 7) is 5.21. The summed E-state index contributed by atoms with van der Waals surface area (Å²) in [5, 5.41) is 4.26. The molecular formula is C12H15FN2S. The number of aryl methyl sites for hydroxylation is 2. The summed E-state index contributed by atoms with van der Waals surface area (Å²) in [6.07, 6.45) is 0. The van der Waals surface area contributed by atoms with Crippen LogP contribution in [-0.4, -0.2) is 17.5 Å². The van der Waals surface area contributed by atoms with Gasteiger partial charge in [-0.3, -0.25) is 4.99 Å². The Morgan fingerprint density at radius 1 is 1.38 bits per heavy atom. The molecule has 0 bridgehead atoms. The molecule has 0 amide bonds. The Morgan fingerprint density at radius 3 is 2.62 bits per heavy atom. The van der Waals surface area contributed by atoms with E-state index in [2.05, 4.69) is 10.3 Å². The molecule has 1 aliphatic rings. The van der Waals surface area contributed by atoms with Crippen molar-refractivity contribution < 1.29 is 4.39 Å². The first kappa shape index (κ1) is 11.5. The van der Waals surface area contributed by atoms with Gasteiger partial charge in [-0.2, -0.15) is 0 Å². The number of aliphatic imine (C=N–C) groups is 1. The summed E-state index contributed by atoms with van der Waals surface area (Å²) in [5.74, 6) is 0.959. The van der Waals surface area contributed by atoms with Gasteiger partial charge >= 0.3 is 0 Å². The first-order chi connectivity index (χ1) is 7.66. The van der Waals surface area contributed by atoms with E-state index in [0.29, 0.717) is 17.7 Å². The normalized spacial score (nSPS) is 15.1. The lowest BCUT2D eigenvalue weighted by molar-refractivity contribution is 0.608. The molecule has 0 aliphatic carbocycles. The van der Waals surface area contributed by atoms with Crippen molar-refractivity contribution in [2.24, 2.45) is 4.99 Å². The predicted octanol–water partition coefficient (Wildman–Crippen LogP) is 2.63. The van der Waals surface area contributed by atoms with Crippen molar-refractivity contribution in [2.75, 3.05) is 12.3 Å². The monoisotopic (exact) mass is 238 g/mol. The van der Waals surface area contributed by atoms with E-state index in [-0.39, 0.29) is 5.82 Å². The fourth-order valence-electron chi connectivity index (χ4n) is 1.76. The number of benzene rings is 1. The van der Waals surface area contributed by atoms with Crippen LogP contribution in [0, 0.1) is 19.7 Å². The zero-order chi connectivity index (χ0) is 11.5. The minimum absolute atomic E-state index is 0.101. The van der Waals surface area contributed by atoms with E-state index in [1.807, 2.05) is 12.1 Å². The smallest absolute Gasteiger partial charge is 0.156 e. The van der Waals surface area contributed by atoms with E-state index in [9.17, 15) is 4.39 Å². The molecule has 0 saturated heterocycles. The number of nitrogens with zero attached hydrogens (tertiary/aromatic N) is 1. The van der Waals surface area contributed by atoms with Crippen molar-refractivity contribution in [3.63, 3.8) is 0 Å².